The van der Waals surface area contributed by atoms with Gasteiger partial charge in [-0.3, -0.25) is 4.79 Å². The Balaban J connectivity index is 2.24. The molecule has 0 aliphatic heterocycles. The van der Waals surface area contributed by atoms with Crippen LogP contribution in [0.1, 0.15) is 58.8 Å². The monoisotopic (exact) mass is 259 g/mol. The number of carbonyl (C=O) groups is 1. The fourth-order valence-corrected chi connectivity index (χ4v) is 2.86. The summed E-state index contributed by atoms with van der Waals surface area (Å²) in [6.07, 6.45) is 7.70. The molecule has 3 heteroatoms. The maximum absolute atomic E-state index is 12.2. The third-order valence-corrected chi connectivity index (χ3v) is 4.67. The third kappa shape index (κ3) is 4.17. The summed E-state index contributed by atoms with van der Waals surface area (Å²) in [7, 11) is 0. The van der Waals surface area contributed by atoms with E-state index in [0.717, 1.165) is 38.6 Å². The first-order valence-electron chi connectivity index (χ1n) is 6.99. The Morgan fingerprint density at radius 1 is 1.41 bits per heavy atom. The smallest absolute Gasteiger partial charge is 0.226 e. The molecule has 0 aromatic heterocycles. The fourth-order valence-electron chi connectivity index (χ4n) is 2.71. The minimum absolute atomic E-state index is 0.0436. The molecule has 1 fully saturated rings. The minimum Gasteiger partial charge on any atom is -0.356 e. The van der Waals surface area contributed by atoms with Crippen LogP contribution in [0.4, 0.5) is 0 Å². The van der Waals surface area contributed by atoms with Crippen LogP contribution in [0, 0.1) is 11.3 Å². The van der Waals surface area contributed by atoms with Gasteiger partial charge in [0.05, 0.1) is 0 Å². The van der Waals surface area contributed by atoms with Crippen LogP contribution in [0.5, 0.6) is 0 Å². The molecule has 2 nitrogen and oxygen atoms in total. The highest BCUT2D eigenvalue weighted by Crippen LogP contribution is 2.41. The second-order valence-electron chi connectivity index (χ2n) is 5.50. The van der Waals surface area contributed by atoms with Crippen molar-refractivity contribution < 1.29 is 4.79 Å². The molecule has 1 N–H and O–H groups in total. The van der Waals surface area contributed by atoms with E-state index in [2.05, 4.69) is 19.2 Å². The van der Waals surface area contributed by atoms with Crippen molar-refractivity contribution in [1.82, 2.24) is 5.32 Å². The molecule has 1 saturated carbocycles. The lowest BCUT2D eigenvalue weighted by Gasteiger charge is -2.26. The Morgan fingerprint density at radius 3 is 2.59 bits per heavy atom. The van der Waals surface area contributed by atoms with Crippen molar-refractivity contribution >= 4 is 17.5 Å². The molecule has 0 heterocycles. The third-order valence-electron chi connectivity index (χ3n) is 4.14. The number of halogens is 1. The molecule has 1 amide bonds. The Kier molecular flexibility index (Phi) is 6.32. The van der Waals surface area contributed by atoms with E-state index in [4.69, 9.17) is 11.6 Å². The Labute approximate surface area is 110 Å². The average molecular weight is 260 g/mol. The van der Waals surface area contributed by atoms with Crippen LogP contribution >= 0.6 is 11.6 Å². The second-order valence-corrected chi connectivity index (χ2v) is 5.81. The minimum atomic E-state index is -0.0436. The molecule has 0 radical (unpaired) electrons. The van der Waals surface area contributed by atoms with Gasteiger partial charge in [0.2, 0.25) is 5.91 Å². The van der Waals surface area contributed by atoms with Crippen LogP contribution in [0.15, 0.2) is 0 Å². The van der Waals surface area contributed by atoms with Gasteiger partial charge in [-0.25, -0.2) is 0 Å². The normalized spacial score (nSPS) is 20.2. The van der Waals surface area contributed by atoms with Crippen LogP contribution < -0.4 is 5.32 Å². The Hall–Kier alpha value is -0.240. The Morgan fingerprint density at radius 2 is 2.06 bits per heavy atom. The van der Waals surface area contributed by atoms with Crippen LogP contribution in [-0.4, -0.2) is 18.3 Å². The summed E-state index contributed by atoms with van der Waals surface area (Å²) in [6, 6.07) is 0. The molecule has 1 unspecified atom stereocenters. The molecule has 1 aliphatic carbocycles. The predicted molar refractivity (Wildman–Crippen MR) is 73.3 cm³/mol. The highest BCUT2D eigenvalue weighted by Gasteiger charge is 2.38. The van der Waals surface area contributed by atoms with E-state index >= 15 is 0 Å². The van der Waals surface area contributed by atoms with E-state index < -0.39 is 0 Å². The van der Waals surface area contributed by atoms with E-state index in [0.29, 0.717) is 11.8 Å². The van der Waals surface area contributed by atoms with Crippen molar-refractivity contribution in [1.29, 1.82) is 0 Å². The van der Waals surface area contributed by atoms with Gasteiger partial charge in [0.1, 0.15) is 0 Å². The lowest BCUT2D eigenvalue weighted by molar-refractivity contribution is -0.131. The highest BCUT2D eigenvalue weighted by atomic mass is 35.5. The standard InChI is InChI=1S/C14H26ClNO/c1-3-14(8-4-5-9-14)13(17)16-10-6-7-12(2)11-15/h12H,3-11H2,1-2H3,(H,16,17). The summed E-state index contributed by atoms with van der Waals surface area (Å²) in [4.78, 5) is 12.2. The summed E-state index contributed by atoms with van der Waals surface area (Å²) >= 11 is 5.75. The van der Waals surface area contributed by atoms with E-state index in [9.17, 15) is 4.79 Å². The molecule has 1 aliphatic rings. The molecule has 1 atom stereocenters. The predicted octanol–water partition coefficient (Wildman–Crippen LogP) is 3.73. The zero-order valence-electron chi connectivity index (χ0n) is 11.2. The van der Waals surface area contributed by atoms with Crippen molar-refractivity contribution in [2.24, 2.45) is 11.3 Å². The van der Waals surface area contributed by atoms with Gasteiger partial charge in [-0.05, 0) is 38.0 Å². The topological polar surface area (TPSA) is 29.1 Å². The maximum atomic E-state index is 12.2. The first-order chi connectivity index (χ1) is 8.14. The number of nitrogens with one attached hydrogen (secondary N) is 1. The van der Waals surface area contributed by atoms with Crippen molar-refractivity contribution in [2.75, 3.05) is 12.4 Å². The van der Waals surface area contributed by atoms with Gasteiger partial charge >= 0.3 is 0 Å². The fraction of sp³-hybridized carbons (Fsp3) is 0.929. The van der Waals surface area contributed by atoms with Gasteiger partial charge in [0.15, 0.2) is 0 Å². The number of carbonyl (C=O) groups excluding carboxylic acids is 1. The molecule has 0 spiro atoms. The molecular formula is C14H26ClNO. The summed E-state index contributed by atoms with van der Waals surface area (Å²) < 4.78 is 0. The summed E-state index contributed by atoms with van der Waals surface area (Å²) in [5, 5.41) is 3.11. The van der Waals surface area contributed by atoms with E-state index in [1.165, 1.54) is 12.8 Å². The largest absolute Gasteiger partial charge is 0.356 e. The van der Waals surface area contributed by atoms with Crippen LogP contribution in [-0.2, 0) is 4.79 Å². The van der Waals surface area contributed by atoms with Crippen molar-refractivity contribution in [2.45, 2.75) is 58.8 Å². The molecule has 0 aromatic carbocycles. The number of hydrogen-bond donors (Lipinski definition) is 1. The summed E-state index contributed by atoms with van der Waals surface area (Å²) in [6.45, 7) is 5.10. The first-order valence-corrected chi connectivity index (χ1v) is 7.52. The van der Waals surface area contributed by atoms with E-state index in [1.54, 1.807) is 0 Å². The summed E-state index contributed by atoms with van der Waals surface area (Å²) in [5.74, 6) is 1.56. The molecule has 0 saturated heterocycles. The van der Waals surface area contributed by atoms with Gasteiger partial charge in [-0.1, -0.05) is 26.7 Å². The zero-order valence-corrected chi connectivity index (χ0v) is 12.0. The molecular weight excluding hydrogens is 234 g/mol. The zero-order chi connectivity index (χ0) is 12.7. The Bertz CT molecular complexity index is 236. The second kappa shape index (κ2) is 7.25. The van der Waals surface area contributed by atoms with E-state index in [-0.39, 0.29) is 11.3 Å². The van der Waals surface area contributed by atoms with Gasteiger partial charge in [0.25, 0.3) is 0 Å². The quantitative estimate of drug-likeness (QED) is 0.548. The molecule has 0 bridgehead atoms. The lowest BCUT2D eigenvalue weighted by atomic mass is 9.82. The first kappa shape index (κ1) is 14.8. The highest BCUT2D eigenvalue weighted by molar-refractivity contribution is 6.18. The molecule has 17 heavy (non-hydrogen) atoms. The van der Waals surface area contributed by atoms with Crippen molar-refractivity contribution in [3.8, 4) is 0 Å². The molecule has 1 rings (SSSR count). The van der Waals surface area contributed by atoms with Crippen LogP contribution in [0.2, 0.25) is 0 Å². The number of amides is 1. The van der Waals surface area contributed by atoms with Gasteiger partial charge < -0.3 is 5.32 Å². The number of hydrogen-bond acceptors (Lipinski definition) is 1. The molecule has 0 aromatic rings. The SMILES string of the molecule is CCC1(C(=O)NCCCC(C)CCl)CCCC1. The van der Waals surface area contributed by atoms with Gasteiger partial charge in [-0.15, -0.1) is 11.6 Å². The summed E-state index contributed by atoms with van der Waals surface area (Å²) in [5.41, 5.74) is -0.0436. The van der Waals surface area contributed by atoms with Gasteiger partial charge in [-0.2, -0.15) is 0 Å². The van der Waals surface area contributed by atoms with Crippen molar-refractivity contribution in [3.05, 3.63) is 0 Å². The van der Waals surface area contributed by atoms with Crippen LogP contribution in [0.3, 0.4) is 0 Å². The lowest BCUT2D eigenvalue weighted by Crippen LogP contribution is -2.39. The maximum Gasteiger partial charge on any atom is 0.226 e. The van der Waals surface area contributed by atoms with Crippen LogP contribution in [0.25, 0.3) is 0 Å². The average Bonchev–Trinajstić information content (AvgIpc) is 2.83. The number of alkyl halides is 1. The molecule has 100 valence electrons. The number of rotatable bonds is 7. The van der Waals surface area contributed by atoms with E-state index in [1.807, 2.05) is 0 Å². The van der Waals surface area contributed by atoms with Gasteiger partial charge in [0, 0.05) is 17.8 Å². The van der Waals surface area contributed by atoms with Crippen molar-refractivity contribution in [3.63, 3.8) is 0 Å².